The molecule has 0 bridgehead atoms. The van der Waals surface area contributed by atoms with Crippen molar-refractivity contribution in [2.75, 3.05) is 41.9 Å². The van der Waals surface area contributed by atoms with E-state index in [0.717, 1.165) is 49.4 Å². The van der Waals surface area contributed by atoms with E-state index in [1.54, 1.807) is 13.0 Å². The van der Waals surface area contributed by atoms with Crippen molar-refractivity contribution in [3.63, 3.8) is 0 Å². The molecule has 1 saturated heterocycles. The van der Waals surface area contributed by atoms with Crippen LogP contribution in [0.5, 0.6) is 0 Å². The number of hydrogen-bond donors (Lipinski definition) is 1. The molecule has 0 spiro atoms. The van der Waals surface area contributed by atoms with Gasteiger partial charge in [-0.25, -0.2) is 12.8 Å². The second-order valence-electron chi connectivity index (χ2n) is 7.84. The van der Waals surface area contributed by atoms with Crippen LogP contribution < -0.4 is 14.5 Å². The summed E-state index contributed by atoms with van der Waals surface area (Å²) in [5.41, 5.74) is 2.38. The van der Waals surface area contributed by atoms with Gasteiger partial charge in [0.2, 0.25) is 0 Å². The van der Waals surface area contributed by atoms with Crippen molar-refractivity contribution in [2.45, 2.75) is 30.9 Å². The third kappa shape index (κ3) is 4.42. The van der Waals surface area contributed by atoms with Gasteiger partial charge in [0.05, 0.1) is 5.69 Å². The summed E-state index contributed by atoms with van der Waals surface area (Å²) in [6.45, 7) is 7.99. The van der Waals surface area contributed by atoms with Crippen LogP contribution >= 0.6 is 11.3 Å². The zero-order valence-corrected chi connectivity index (χ0v) is 19.5. The molecule has 166 valence electrons. The molecule has 5 nitrogen and oxygen atoms in total. The Balaban J connectivity index is 1.71. The predicted octanol–water partition coefficient (Wildman–Crippen LogP) is 4.75. The van der Waals surface area contributed by atoms with Gasteiger partial charge < -0.3 is 10.2 Å². The van der Waals surface area contributed by atoms with Crippen LogP contribution in [-0.2, 0) is 10.0 Å². The Hall–Kier alpha value is -2.16. The van der Waals surface area contributed by atoms with Gasteiger partial charge in [-0.3, -0.25) is 4.31 Å². The maximum absolute atomic E-state index is 13.7. The summed E-state index contributed by atoms with van der Waals surface area (Å²) in [5, 5.41) is 4.00. The summed E-state index contributed by atoms with van der Waals surface area (Å²) in [4.78, 5) is 2.30. The number of benzene rings is 2. The first-order valence-corrected chi connectivity index (χ1v) is 12.9. The lowest BCUT2D eigenvalue weighted by Crippen LogP contribution is -2.43. The zero-order valence-electron chi connectivity index (χ0n) is 17.9. The van der Waals surface area contributed by atoms with E-state index in [4.69, 9.17) is 0 Å². The molecule has 0 aliphatic carbocycles. The molecule has 2 aromatic carbocycles. The van der Waals surface area contributed by atoms with Crippen LogP contribution in [0.2, 0.25) is 0 Å². The molecule has 0 radical (unpaired) electrons. The predicted molar refractivity (Wildman–Crippen MR) is 127 cm³/mol. The molecular weight excluding hydrogens is 433 g/mol. The number of aryl methyl sites for hydroxylation is 1. The molecule has 3 aromatic rings. The van der Waals surface area contributed by atoms with Gasteiger partial charge in [0.25, 0.3) is 10.0 Å². The summed E-state index contributed by atoms with van der Waals surface area (Å²) >= 11 is 1.21. The highest BCUT2D eigenvalue weighted by molar-refractivity contribution is 7.95. The third-order valence-corrected chi connectivity index (χ3v) is 9.41. The van der Waals surface area contributed by atoms with Gasteiger partial charge in [0, 0.05) is 43.1 Å². The van der Waals surface area contributed by atoms with Crippen LogP contribution in [0, 0.1) is 12.7 Å². The minimum Gasteiger partial charge on any atom is -0.369 e. The molecule has 0 saturated carbocycles. The summed E-state index contributed by atoms with van der Waals surface area (Å²) < 4.78 is 43.8. The van der Waals surface area contributed by atoms with E-state index in [-0.39, 0.29) is 10.0 Å². The minimum atomic E-state index is -3.76. The van der Waals surface area contributed by atoms with Gasteiger partial charge in [0.15, 0.2) is 0 Å². The van der Waals surface area contributed by atoms with Crippen molar-refractivity contribution in [1.29, 1.82) is 0 Å². The Bertz CT molecular complexity index is 1150. The fraction of sp³-hybridized carbons (Fsp3) is 0.391. The zero-order chi connectivity index (χ0) is 22.0. The van der Waals surface area contributed by atoms with Gasteiger partial charge in [0.1, 0.15) is 10.0 Å². The normalized spacial score (nSPS) is 14.9. The maximum Gasteiger partial charge on any atom is 0.274 e. The number of thiophene rings is 1. The van der Waals surface area contributed by atoms with Gasteiger partial charge in [-0.05, 0) is 66.8 Å². The summed E-state index contributed by atoms with van der Waals surface area (Å²) in [5.74, 6) is -0.358. The Kier molecular flexibility index (Phi) is 6.50. The highest BCUT2D eigenvalue weighted by Gasteiger charge is 2.29. The lowest BCUT2D eigenvalue weighted by Gasteiger charge is -2.30. The molecule has 0 atom stereocenters. The molecule has 1 aliphatic rings. The number of sulfonamides is 1. The van der Waals surface area contributed by atoms with E-state index in [1.807, 2.05) is 31.2 Å². The second kappa shape index (κ2) is 9.14. The topological polar surface area (TPSA) is 52.6 Å². The first-order valence-electron chi connectivity index (χ1n) is 10.7. The van der Waals surface area contributed by atoms with Gasteiger partial charge in [-0.2, -0.15) is 0 Å². The smallest absolute Gasteiger partial charge is 0.274 e. The molecule has 1 aliphatic heterocycles. The molecule has 2 heterocycles. The average molecular weight is 462 g/mol. The highest BCUT2D eigenvalue weighted by Crippen LogP contribution is 2.37. The number of unbranched alkanes of at least 4 members (excludes halogenated alkanes) is 1. The Labute approximate surface area is 187 Å². The van der Waals surface area contributed by atoms with E-state index in [0.29, 0.717) is 23.2 Å². The van der Waals surface area contributed by atoms with Gasteiger partial charge in [-0.15, -0.1) is 11.3 Å². The largest absolute Gasteiger partial charge is 0.369 e. The maximum atomic E-state index is 13.7. The highest BCUT2D eigenvalue weighted by atomic mass is 32.2. The molecule has 1 fully saturated rings. The number of nitrogens with one attached hydrogen (secondary N) is 1. The van der Waals surface area contributed by atoms with Crippen LogP contribution in [0.15, 0.2) is 46.7 Å². The molecule has 0 amide bonds. The first kappa shape index (κ1) is 22.0. The van der Waals surface area contributed by atoms with Crippen molar-refractivity contribution in [2.24, 2.45) is 0 Å². The van der Waals surface area contributed by atoms with Gasteiger partial charge in [-0.1, -0.05) is 13.3 Å². The van der Waals surface area contributed by atoms with Crippen LogP contribution in [0.4, 0.5) is 15.8 Å². The third-order valence-electron chi connectivity index (χ3n) is 5.71. The van der Waals surface area contributed by atoms with Crippen molar-refractivity contribution in [3.8, 4) is 0 Å². The monoisotopic (exact) mass is 461 g/mol. The summed E-state index contributed by atoms with van der Waals surface area (Å²) in [6, 6.07) is 12.2. The van der Waals surface area contributed by atoms with Crippen LogP contribution in [0.1, 0.15) is 25.3 Å². The molecule has 31 heavy (non-hydrogen) atoms. The molecule has 8 heteroatoms. The Morgan fingerprint density at radius 2 is 1.84 bits per heavy atom. The number of anilines is 2. The lowest BCUT2D eigenvalue weighted by molar-refractivity contribution is 0.589. The van der Waals surface area contributed by atoms with Crippen molar-refractivity contribution < 1.29 is 12.8 Å². The molecule has 0 unspecified atom stereocenters. The average Bonchev–Trinajstić information content (AvgIpc) is 3.11. The number of piperazine rings is 1. The fourth-order valence-electron chi connectivity index (χ4n) is 3.96. The number of rotatable bonds is 7. The number of halogens is 1. The molecule has 4 rings (SSSR count). The van der Waals surface area contributed by atoms with Crippen molar-refractivity contribution >= 4 is 42.8 Å². The van der Waals surface area contributed by atoms with E-state index in [2.05, 4.69) is 10.2 Å². The van der Waals surface area contributed by atoms with E-state index < -0.39 is 10.0 Å². The van der Waals surface area contributed by atoms with Crippen molar-refractivity contribution in [1.82, 2.24) is 5.32 Å². The standard InChI is InChI=1S/C23H28FN3O2S2/c1-3-4-13-27(20-8-6-19(7-9-20)26-14-11-25-12-15-26)31(28,29)23-17(2)21-16-18(24)5-10-22(21)30-23/h5-10,16,25H,3-4,11-15H2,1-2H3. The quantitative estimate of drug-likeness (QED) is 0.552. The molecule has 1 aromatic heterocycles. The number of fused-ring (bicyclic) bond motifs is 1. The first-order chi connectivity index (χ1) is 14.9. The Morgan fingerprint density at radius 3 is 2.52 bits per heavy atom. The lowest BCUT2D eigenvalue weighted by atomic mass is 10.2. The van der Waals surface area contributed by atoms with Gasteiger partial charge >= 0.3 is 0 Å². The molecule has 1 N–H and O–H groups in total. The molecular formula is C23H28FN3O2S2. The number of hydrogen-bond acceptors (Lipinski definition) is 5. The fourth-order valence-corrected chi connectivity index (χ4v) is 7.31. The van der Waals surface area contributed by atoms with Crippen LogP contribution in [0.25, 0.3) is 10.1 Å². The number of nitrogens with zero attached hydrogens (tertiary/aromatic N) is 2. The van der Waals surface area contributed by atoms with Crippen LogP contribution in [-0.4, -0.2) is 41.1 Å². The summed E-state index contributed by atoms with van der Waals surface area (Å²) in [7, 11) is -3.76. The van der Waals surface area contributed by atoms with E-state index >= 15 is 0 Å². The Morgan fingerprint density at radius 1 is 1.13 bits per heavy atom. The second-order valence-corrected chi connectivity index (χ2v) is 10.9. The minimum absolute atomic E-state index is 0.287. The van der Waals surface area contributed by atoms with E-state index in [9.17, 15) is 12.8 Å². The SMILES string of the molecule is CCCCN(c1ccc(N2CCNCC2)cc1)S(=O)(=O)c1sc2ccc(F)cc2c1C. The summed E-state index contributed by atoms with van der Waals surface area (Å²) in [6.07, 6.45) is 1.65. The van der Waals surface area contributed by atoms with Crippen LogP contribution in [0.3, 0.4) is 0 Å². The van der Waals surface area contributed by atoms with E-state index in [1.165, 1.54) is 27.8 Å². The van der Waals surface area contributed by atoms with Crippen molar-refractivity contribution in [3.05, 3.63) is 53.8 Å².